The molecule has 1 aliphatic rings. The van der Waals surface area contributed by atoms with Crippen molar-refractivity contribution >= 4 is 11.7 Å². The van der Waals surface area contributed by atoms with Crippen LogP contribution in [0.1, 0.15) is 35.2 Å². The van der Waals surface area contributed by atoms with Crippen molar-refractivity contribution in [3.05, 3.63) is 75.8 Å². The molecule has 0 radical (unpaired) electrons. The van der Waals surface area contributed by atoms with Gasteiger partial charge in [-0.05, 0) is 37.0 Å². The van der Waals surface area contributed by atoms with Gasteiger partial charge in [-0.25, -0.2) is 4.79 Å². The molecule has 1 aliphatic carbocycles. The van der Waals surface area contributed by atoms with Crippen molar-refractivity contribution in [2.24, 2.45) is 0 Å². The molecule has 0 saturated heterocycles. The molecule has 0 aliphatic heterocycles. The van der Waals surface area contributed by atoms with E-state index in [4.69, 9.17) is 4.74 Å². The second-order valence-corrected chi connectivity index (χ2v) is 6.27. The molecule has 0 heterocycles. The van der Waals surface area contributed by atoms with E-state index in [-0.39, 0.29) is 17.9 Å². The molecule has 0 spiro atoms. The number of rotatable bonds is 5. The van der Waals surface area contributed by atoms with E-state index in [1.807, 2.05) is 30.3 Å². The van der Waals surface area contributed by atoms with E-state index in [0.29, 0.717) is 6.42 Å². The highest BCUT2D eigenvalue weighted by Crippen LogP contribution is 2.43. The van der Waals surface area contributed by atoms with E-state index in [0.717, 1.165) is 18.4 Å². The average Bonchev–Trinajstić information content (AvgIpc) is 3.06. The maximum Gasteiger partial charge on any atom is 0.338 e. The van der Waals surface area contributed by atoms with Crippen molar-refractivity contribution < 1.29 is 19.6 Å². The minimum atomic E-state index is -0.600. The summed E-state index contributed by atoms with van der Waals surface area (Å²) >= 11 is 0. The highest BCUT2D eigenvalue weighted by molar-refractivity contribution is 5.89. The minimum Gasteiger partial charge on any atom is -0.458 e. The van der Waals surface area contributed by atoms with Gasteiger partial charge in [0.2, 0.25) is 0 Å². The molecule has 2 aromatic rings. The smallest absolute Gasteiger partial charge is 0.338 e. The summed E-state index contributed by atoms with van der Waals surface area (Å²) in [5.74, 6) is -0.532. The summed E-state index contributed by atoms with van der Waals surface area (Å²) in [7, 11) is 0. The van der Waals surface area contributed by atoms with Crippen LogP contribution in [0.5, 0.6) is 0 Å². The number of carbonyl (C=O) groups excluding carboxylic acids is 1. The van der Waals surface area contributed by atoms with E-state index >= 15 is 0 Å². The maximum atomic E-state index is 12.4. The number of hydrogen-bond donors (Lipinski definition) is 1. The Morgan fingerprint density at radius 1 is 1.20 bits per heavy atom. The van der Waals surface area contributed by atoms with Gasteiger partial charge in [-0.1, -0.05) is 30.3 Å². The van der Waals surface area contributed by atoms with Crippen molar-refractivity contribution in [2.75, 3.05) is 6.61 Å². The van der Waals surface area contributed by atoms with Crippen LogP contribution in [0.4, 0.5) is 5.69 Å². The Balaban J connectivity index is 1.81. The van der Waals surface area contributed by atoms with Crippen LogP contribution in [-0.4, -0.2) is 28.7 Å². The van der Waals surface area contributed by atoms with Crippen molar-refractivity contribution in [3.63, 3.8) is 0 Å². The van der Waals surface area contributed by atoms with E-state index < -0.39 is 22.4 Å². The van der Waals surface area contributed by atoms with Crippen LogP contribution in [0.25, 0.3) is 0 Å². The Hall–Kier alpha value is -2.73. The van der Waals surface area contributed by atoms with Crippen LogP contribution >= 0.6 is 0 Å². The molecule has 130 valence electrons. The molecule has 0 amide bonds. The second kappa shape index (κ2) is 7.03. The van der Waals surface area contributed by atoms with Crippen LogP contribution in [-0.2, 0) is 10.2 Å². The lowest BCUT2D eigenvalue weighted by atomic mass is 9.78. The molecule has 6 heteroatoms. The van der Waals surface area contributed by atoms with Crippen molar-refractivity contribution in [1.82, 2.24) is 0 Å². The summed E-state index contributed by atoms with van der Waals surface area (Å²) < 4.78 is 5.69. The van der Waals surface area contributed by atoms with E-state index in [9.17, 15) is 20.0 Å². The Morgan fingerprint density at radius 3 is 2.48 bits per heavy atom. The molecule has 1 fully saturated rings. The Morgan fingerprint density at radius 2 is 1.88 bits per heavy atom. The van der Waals surface area contributed by atoms with Crippen LogP contribution < -0.4 is 0 Å². The molecule has 0 aromatic heterocycles. The second-order valence-electron chi connectivity index (χ2n) is 6.27. The topological polar surface area (TPSA) is 89.7 Å². The van der Waals surface area contributed by atoms with Gasteiger partial charge in [0.15, 0.2) is 0 Å². The molecule has 1 N–H and O–H groups in total. The van der Waals surface area contributed by atoms with Gasteiger partial charge in [0.1, 0.15) is 6.10 Å². The van der Waals surface area contributed by atoms with Gasteiger partial charge < -0.3 is 9.84 Å². The largest absolute Gasteiger partial charge is 0.458 e. The number of carbonyl (C=O) groups is 1. The van der Waals surface area contributed by atoms with Crippen molar-refractivity contribution in [3.8, 4) is 0 Å². The monoisotopic (exact) mass is 341 g/mol. The number of non-ortho nitro benzene ring substituents is 1. The third-order valence-electron chi connectivity index (χ3n) is 4.90. The Bertz CT molecular complexity index is 759. The van der Waals surface area contributed by atoms with Crippen LogP contribution in [0.15, 0.2) is 54.6 Å². The van der Waals surface area contributed by atoms with Crippen LogP contribution in [0.2, 0.25) is 0 Å². The van der Waals surface area contributed by atoms with Gasteiger partial charge in [-0.2, -0.15) is 0 Å². The normalized spacial score (nSPS) is 22.5. The van der Waals surface area contributed by atoms with Gasteiger partial charge in [0.05, 0.1) is 22.5 Å². The van der Waals surface area contributed by atoms with E-state index in [2.05, 4.69) is 0 Å². The average molecular weight is 341 g/mol. The predicted octanol–water partition coefficient (Wildman–Crippen LogP) is 3.23. The fourth-order valence-corrected chi connectivity index (χ4v) is 3.50. The van der Waals surface area contributed by atoms with Gasteiger partial charge in [0.25, 0.3) is 5.69 Å². The number of nitro groups is 1. The number of benzene rings is 2. The predicted molar refractivity (Wildman–Crippen MR) is 91.4 cm³/mol. The zero-order valence-electron chi connectivity index (χ0n) is 13.6. The summed E-state index contributed by atoms with van der Waals surface area (Å²) in [6.45, 7) is -0.102. The Labute approximate surface area is 145 Å². The molecule has 6 nitrogen and oxygen atoms in total. The molecular formula is C19H19NO5. The molecule has 0 unspecified atom stereocenters. The zero-order valence-corrected chi connectivity index (χ0v) is 13.6. The number of nitrogens with zero attached hydrogens (tertiary/aromatic N) is 1. The highest BCUT2D eigenvalue weighted by atomic mass is 16.6. The summed E-state index contributed by atoms with van der Waals surface area (Å²) in [6.07, 6.45) is 1.84. The zero-order chi connectivity index (χ0) is 17.9. The third-order valence-corrected chi connectivity index (χ3v) is 4.90. The van der Waals surface area contributed by atoms with E-state index in [1.54, 1.807) is 0 Å². The number of aliphatic hydroxyl groups is 1. The summed E-state index contributed by atoms with van der Waals surface area (Å²) in [5.41, 5.74) is 0.540. The quantitative estimate of drug-likeness (QED) is 0.512. The fraction of sp³-hybridized carbons (Fsp3) is 0.316. The number of ether oxygens (including phenoxy) is 1. The first-order valence-electron chi connectivity index (χ1n) is 8.19. The molecule has 1 saturated carbocycles. The first-order chi connectivity index (χ1) is 12.1. The van der Waals surface area contributed by atoms with Crippen LogP contribution in [0, 0.1) is 10.1 Å². The molecule has 25 heavy (non-hydrogen) atoms. The summed E-state index contributed by atoms with van der Waals surface area (Å²) in [5, 5.41) is 20.8. The first-order valence-corrected chi connectivity index (χ1v) is 8.19. The maximum absolute atomic E-state index is 12.4. The first kappa shape index (κ1) is 17.1. The van der Waals surface area contributed by atoms with Gasteiger partial charge >= 0.3 is 5.97 Å². The fourth-order valence-electron chi connectivity index (χ4n) is 3.50. The molecule has 3 rings (SSSR count). The standard InChI is InChI=1S/C19H19NO5/c21-13-19(15-5-2-1-3-6-15)12-4-7-17(19)25-18(22)14-8-10-16(11-9-14)20(23)24/h1-3,5-6,8-11,17,21H,4,7,12-13H2/t17-,19-/m1/s1. The van der Waals surface area contributed by atoms with Gasteiger partial charge in [0, 0.05) is 12.1 Å². The minimum absolute atomic E-state index is 0.0774. The summed E-state index contributed by atoms with van der Waals surface area (Å²) in [4.78, 5) is 22.6. The SMILES string of the molecule is O=C(O[C@@H]1CCC[C@@]1(CO)c1ccccc1)c1ccc([N+](=O)[O-])cc1. The number of hydrogen-bond acceptors (Lipinski definition) is 5. The lowest BCUT2D eigenvalue weighted by Gasteiger charge is -2.33. The molecule has 0 bridgehead atoms. The molecule has 2 atom stereocenters. The van der Waals surface area contributed by atoms with Crippen LogP contribution in [0.3, 0.4) is 0 Å². The third kappa shape index (κ3) is 3.25. The van der Waals surface area contributed by atoms with Gasteiger partial charge in [-0.15, -0.1) is 0 Å². The van der Waals surface area contributed by atoms with Gasteiger partial charge in [-0.3, -0.25) is 10.1 Å². The number of aliphatic hydroxyl groups excluding tert-OH is 1. The Kier molecular flexibility index (Phi) is 4.81. The summed E-state index contributed by atoms with van der Waals surface area (Å²) in [6, 6.07) is 14.9. The van der Waals surface area contributed by atoms with Crippen molar-refractivity contribution in [2.45, 2.75) is 30.8 Å². The lowest BCUT2D eigenvalue weighted by Crippen LogP contribution is -2.41. The van der Waals surface area contributed by atoms with E-state index in [1.165, 1.54) is 24.3 Å². The molecular weight excluding hydrogens is 322 g/mol. The number of nitro benzene ring substituents is 1. The highest BCUT2D eigenvalue weighted by Gasteiger charge is 2.46. The number of esters is 1. The van der Waals surface area contributed by atoms with Crippen molar-refractivity contribution in [1.29, 1.82) is 0 Å². The molecule has 2 aromatic carbocycles. The lowest BCUT2D eigenvalue weighted by molar-refractivity contribution is -0.384.